The first kappa shape index (κ1) is 14.6. The van der Waals surface area contributed by atoms with Crippen LogP contribution in [0.2, 0.25) is 0 Å². The zero-order chi connectivity index (χ0) is 13.8. The first-order valence-electron chi connectivity index (χ1n) is 5.43. The van der Waals surface area contributed by atoms with Crippen LogP contribution >= 0.6 is 0 Å². The quantitative estimate of drug-likeness (QED) is 0.776. The number of furan rings is 1. The summed E-state index contributed by atoms with van der Waals surface area (Å²) in [6.07, 6.45) is -5.02. The van der Waals surface area contributed by atoms with Crippen LogP contribution in [0.3, 0.4) is 0 Å². The van der Waals surface area contributed by atoms with Crippen LogP contribution in [-0.4, -0.2) is 23.8 Å². The van der Waals surface area contributed by atoms with Crippen molar-refractivity contribution in [1.29, 1.82) is 0 Å². The molecule has 0 aliphatic carbocycles. The zero-order valence-corrected chi connectivity index (χ0v) is 9.75. The van der Waals surface area contributed by atoms with Crippen molar-refractivity contribution >= 4 is 5.97 Å². The normalized spacial score (nSPS) is 13.6. The van der Waals surface area contributed by atoms with Crippen LogP contribution in [0.25, 0.3) is 0 Å². The Hall–Kier alpha value is -1.50. The Kier molecular flexibility index (Phi) is 4.77. The van der Waals surface area contributed by atoms with Gasteiger partial charge in [-0.15, -0.1) is 0 Å². The minimum absolute atomic E-state index is 0.0274. The van der Waals surface area contributed by atoms with Crippen molar-refractivity contribution in [1.82, 2.24) is 5.32 Å². The van der Waals surface area contributed by atoms with E-state index in [4.69, 9.17) is 9.52 Å². The van der Waals surface area contributed by atoms with Crippen molar-refractivity contribution in [3.05, 3.63) is 23.7 Å². The van der Waals surface area contributed by atoms with E-state index in [0.29, 0.717) is 5.76 Å². The molecule has 7 heteroatoms. The molecule has 1 unspecified atom stereocenters. The highest BCUT2D eigenvalue weighted by atomic mass is 19.4. The van der Waals surface area contributed by atoms with E-state index in [-0.39, 0.29) is 24.8 Å². The maximum atomic E-state index is 11.9. The Bertz CT molecular complexity index is 400. The van der Waals surface area contributed by atoms with E-state index in [0.717, 1.165) is 0 Å². The van der Waals surface area contributed by atoms with Crippen molar-refractivity contribution in [2.24, 2.45) is 0 Å². The van der Waals surface area contributed by atoms with Crippen LogP contribution in [0.15, 0.2) is 16.5 Å². The molecule has 18 heavy (non-hydrogen) atoms. The van der Waals surface area contributed by atoms with Gasteiger partial charge in [0.15, 0.2) is 0 Å². The number of halogens is 3. The van der Waals surface area contributed by atoms with Gasteiger partial charge in [0.05, 0.1) is 6.04 Å². The molecule has 2 N–H and O–H groups in total. The fourth-order valence-electron chi connectivity index (χ4n) is 1.41. The zero-order valence-electron chi connectivity index (χ0n) is 9.75. The Balaban J connectivity index is 2.36. The predicted octanol–water partition coefficient (Wildman–Crippen LogP) is 2.97. The first-order valence-corrected chi connectivity index (χ1v) is 5.43. The molecule has 1 heterocycles. The Labute approximate surface area is 102 Å². The van der Waals surface area contributed by atoms with Crippen LogP contribution in [0.4, 0.5) is 13.2 Å². The standard InChI is InChI=1S/C11H14F3NO3/c1-7(15-6-2-5-11(12,13)14)8-3-4-9(18-8)10(16)17/h3-4,7,15H,2,5-6H2,1H3,(H,16,17). The molecular weight excluding hydrogens is 251 g/mol. The lowest BCUT2D eigenvalue weighted by Gasteiger charge is -2.11. The van der Waals surface area contributed by atoms with Gasteiger partial charge in [0.1, 0.15) is 5.76 Å². The second kappa shape index (κ2) is 5.90. The molecule has 0 saturated heterocycles. The lowest BCUT2D eigenvalue weighted by Crippen LogP contribution is -2.21. The van der Waals surface area contributed by atoms with E-state index in [9.17, 15) is 18.0 Å². The van der Waals surface area contributed by atoms with E-state index < -0.39 is 18.6 Å². The fraction of sp³-hybridized carbons (Fsp3) is 0.545. The number of carboxylic acids is 1. The van der Waals surface area contributed by atoms with E-state index in [1.165, 1.54) is 12.1 Å². The molecule has 0 aliphatic rings. The molecule has 0 fully saturated rings. The SMILES string of the molecule is CC(NCCCC(F)(F)F)c1ccc(C(=O)O)o1. The second-order valence-electron chi connectivity index (χ2n) is 3.90. The van der Waals surface area contributed by atoms with Crippen LogP contribution in [0.5, 0.6) is 0 Å². The van der Waals surface area contributed by atoms with Crippen molar-refractivity contribution < 1.29 is 27.5 Å². The summed E-state index contributed by atoms with van der Waals surface area (Å²) in [5.74, 6) is -0.973. The number of carbonyl (C=O) groups is 1. The molecule has 0 aliphatic heterocycles. The first-order chi connectivity index (χ1) is 8.29. The molecule has 4 nitrogen and oxygen atoms in total. The second-order valence-corrected chi connectivity index (χ2v) is 3.90. The highest BCUT2D eigenvalue weighted by Gasteiger charge is 2.26. The summed E-state index contributed by atoms with van der Waals surface area (Å²) in [5, 5.41) is 11.5. The number of hydrogen-bond acceptors (Lipinski definition) is 3. The maximum Gasteiger partial charge on any atom is 0.389 e. The van der Waals surface area contributed by atoms with E-state index in [1.54, 1.807) is 6.92 Å². The molecule has 0 bridgehead atoms. The highest BCUT2D eigenvalue weighted by molar-refractivity contribution is 5.84. The van der Waals surface area contributed by atoms with Crippen LogP contribution in [0.1, 0.15) is 42.1 Å². The van der Waals surface area contributed by atoms with Gasteiger partial charge < -0.3 is 14.8 Å². The average molecular weight is 265 g/mol. The van der Waals surface area contributed by atoms with E-state index in [1.807, 2.05) is 0 Å². The van der Waals surface area contributed by atoms with Crippen LogP contribution < -0.4 is 5.32 Å². The van der Waals surface area contributed by atoms with E-state index in [2.05, 4.69) is 5.32 Å². The summed E-state index contributed by atoms with van der Waals surface area (Å²) in [7, 11) is 0. The van der Waals surface area contributed by atoms with Crippen molar-refractivity contribution in [2.75, 3.05) is 6.54 Å². The molecule has 1 atom stereocenters. The van der Waals surface area contributed by atoms with Gasteiger partial charge in [-0.05, 0) is 32.0 Å². The van der Waals surface area contributed by atoms with Gasteiger partial charge in [-0.1, -0.05) is 0 Å². The van der Waals surface area contributed by atoms with E-state index >= 15 is 0 Å². The monoisotopic (exact) mass is 265 g/mol. The summed E-state index contributed by atoms with van der Waals surface area (Å²) in [5.41, 5.74) is 0. The molecule has 1 aromatic heterocycles. The number of nitrogens with one attached hydrogen (secondary N) is 1. The lowest BCUT2D eigenvalue weighted by atomic mass is 10.2. The summed E-state index contributed by atoms with van der Waals surface area (Å²) in [4.78, 5) is 10.6. The molecule has 0 aromatic carbocycles. The van der Waals surface area contributed by atoms with Crippen molar-refractivity contribution in [2.45, 2.75) is 32.0 Å². The van der Waals surface area contributed by atoms with Gasteiger partial charge >= 0.3 is 12.1 Å². The van der Waals surface area contributed by atoms with Gasteiger partial charge in [0.2, 0.25) is 5.76 Å². The molecule has 1 aromatic rings. The average Bonchev–Trinajstić information content (AvgIpc) is 2.72. The highest BCUT2D eigenvalue weighted by Crippen LogP contribution is 2.21. The molecule has 0 radical (unpaired) electrons. The lowest BCUT2D eigenvalue weighted by molar-refractivity contribution is -0.135. The van der Waals surface area contributed by atoms with Gasteiger partial charge in [0, 0.05) is 6.42 Å². The number of alkyl halides is 3. The van der Waals surface area contributed by atoms with Gasteiger partial charge in [-0.3, -0.25) is 0 Å². The van der Waals surface area contributed by atoms with Crippen molar-refractivity contribution in [3.8, 4) is 0 Å². The van der Waals surface area contributed by atoms with Crippen LogP contribution in [0, 0.1) is 0 Å². The minimum atomic E-state index is -4.15. The van der Waals surface area contributed by atoms with Crippen molar-refractivity contribution in [3.63, 3.8) is 0 Å². The molecule has 102 valence electrons. The van der Waals surface area contributed by atoms with Gasteiger partial charge in [-0.25, -0.2) is 4.79 Å². The fourth-order valence-corrected chi connectivity index (χ4v) is 1.41. The maximum absolute atomic E-state index is 11.9. The Morgan fingerprint density at radius 3 is 2.67 bits per heavy atom. The Morgan fingerprint density at radius 1 is 1.50 bits per heavy atom. The smallest absolute Gasteiger partial charge is 0.389 e. The minimum Gasteiger partial charge on any atom is -0.475 e. The summed E-state index contributed by atoms with van der Waals surface area (Å²) in [6, 6.07) is 2.47. The number of aromatic carboxylic acids is 1. The molecule has 1 rings (SSSR count). The topological polar surface area (TPSA) is 62.5 Å². The molecule has 0 saturated carbocycles. The van der Waals surface area contributed by atoms with Gasteiger partial charge in [-0.2, -0.15) is 13.2 Å². The third-order valence-corrected chi connectivity index (χ3v) is 2.35. The third-order valence-electron chi connectivity index (χ3n) is 2.35. The number of carboxylic acid groups (broad SMARTS) is 1. The number of hydrogen-bond donors (Lipinski definition) is 2. The Morgan fingerprint density at radius 2 is 2.17 bits per heavy atom. The molecule has 0 spiro atoms. The largest absolute Gasteiger partial charge is 0.475 e. The summed E-state index contributed by atoms with van der Waals surface area (Å²) >= 11 is 0. The van der Waals surface area contributed by atoms with Crippen LogP contribution in [-0.2, 0) is 0 Å². The molecule has 0 amide bonds. The third kappa shape index (κ3) is 4.79. The van der Waals surface area contributed by atoms with Gasteiger partial charge in [0.25, 0.3) is 0 Å². The predicted molar refractivity (Wildman–Crippen MR) is 57.4 cm³/mol. The molecular formula is C11H14F3NO3. The number of rotatable bonds is 6. The summed E-state index contributed by atoms with van der Waals surface area (Å²) < 4.78 is 40.7. The summed E-state index contributed by atoms with van der Waals surface area (Å²) in [6.45, 7) is 1.88.